The zero-order chi connectivity index (χ0) is 10.7. The SMILES string of the molecule is CNCC(=O)c1ccc2c(c1)OCCO2. The van der Waals surface area contributed by atoms with E-state index in [1.807, 2.05) is 0 Å². The lowest BCUT2D eigenvalue weighted by atomic mass is 10.1. The van der Waals surface area contributed by atoms with Crippen LogP contribution in [0.25, 0.3) is 0 Å². The molecule has 4 nitrogen and oxygen atoms in total. The summed E-state index contributed by atoms with van der Waals surface area (Å²) in [6, 6.07) is 5.26. The molecule has 1 heterocycles. The van der Waals surface area contributed by atoms with Crippen molar-refractivity contribution >= 4 is 5.78 Å². The molecule has 0 aromatic heterocycles. The quantitative estimate of drug-likeness (QED) is 0.747. The number of rotatable bonds is 3. The average molecular weight is 207 g/mol. The van der Waals surface area contributed by atoms with Crippen molar-refractivity contribution in [2.45, 2.75) is 0 Å². The highest BCUT2D eigenvalue weighted by Crippen LogP contribution is 2.30. The van der Waals surface area contributed by atoms with Crippen LogP contribution in [0.2, 0.25) is 0 Å². The van der Waals surface area contributed by atoms with E-state index in [9.17, 15) is 4.79 Å². The average Bonchev–Trinajstić information content (AvgIpc) is 2.29. The predicted molar refractivity (Wildman–Crippen MR) is 55.7 cm³/mol. The highest BCUT2D eigenvalue weighted by atomic mass is 16.6. The van der Waals surface area contributed by atoms with Gasteiger partial charge in [-0.3, -0.25) is 4.79 Å². The summed E-state index contributed by atoms with van der Waals surface area (Å²) in [7, 11) is 1.75. The summed E-state index contributed by atoms with van der Waals surface area (Å²) in [5, 5.41) is 2.82. The van der Waals surface area contributed by atoms with Crippen LogP contribution < -0.4 is 14.8 Å². The molecule has 0 bridgehead atoms. The second-order valence-electron chi connectivity index (χ2n) is 3.31. The third-order valence-electron chi connectivity index (χ3n) is 2.20. The molecule has 1 aromatic rings. The fourth-order valence-corrected chi connectivity index (χ4v) is 1.48. The largest absolute Gasteiger partial charge is 0.486 e. The zero-order valence-corrected chi connectivity index (χ0v) is 8.58. The van der Waals surface area contributed by atoms with E-state index in [0.717, 1.165) is 0 Å². The number of ether oxygens (including phenoxy) is 2. The monoisotopic (exact) mass is 207 g/mol. The van der Waals surface area contributed by atoms with Crippen LogP contribution in [-0.4, -0.2) is 32.6 Å². The number of hydrogen-bond acceptors (Lipinski definition) is 4. The smallest absolute Gasteiger partial charge is 0.176 e. The lowest BCUT2D eigenvalue weighted by molar-refractivity contribution is 0.0992. The number of Topliss-reactive ketones (excluding diaryl/α,β-unsaturated/α-hetero) is 1. The second kappa shape index (κ2) is 4.31. The molecule has 0 saturated heterocycles. The molecule has 0 spiro atoms. The van der Waals surface area contributed by atoms with Gasteiger partial charge in [-0.1, -0.05) is 0 Å². The van der Waals surface area contributed by atoms with Crippen LogP contribution in [-0.2, 0) is 0 Å². The summed E-state index contributed by atoms with van der Waals surface area (Å²) in [6.45, 7) is 1.44. The fraction of sp³-hybridized carbons (Fsp3) is 0.364. The lowest BCUT2D eigenvalue weighted by Crippen LogP contribution is -2.19. The molecule has 0 radical (unpaired) electrons. The Kier molecular flexibility index (Phi) is 2.87. The van der Waals surface area contributed by atoms with Gasteiger partial charge < -0.3 is 14.8 Å². The Morgan fingerprint density at radius 1 is 1.33 bits per heavy atom. The van der Waals surface area contributed by atoms with Crippen molar-refractivity contribution in [3.8, 4) is 11.5 Å². The molecule has 15 heavy (non-hydrogen) atoms. The fourth-order valence-electron chi connectivity index (χ4n) is 1.48. The predicted octanol–water partition coefficient (Wildman–Crippen LogP) is 0.860. The minimum Gasteiger partial charge on any atom is -0.486 e. The molecule has 1 aliphatic rings. The van der Waals surface area contributed by atoms with E-state index >= 15 is 0 Å². The molecule has 2 rings (SSSR count). The molecule has 0 atom stereocenters. The molecule has 0 fully saturated rings. The first-order chi connectivity index (χ1) is 7.31. The number of hydrogen-bond donors (Lipinski definition) is 1. The summed E-state index contributed by atoms with van der Waals surface area (Å²) in [5.41, 5.74) is 0.647. The summed E-state index contributed by atoms with van der Waals surface area (Å²) in [4.78, 5) is 11.6. The van der Waals surface area contributed by atoms with E-state index < -0.39 is 0 Å². The van der Waals surface area contributed by atoms with Crippen LogP contribution in [0.5, 0.6) is 11.5 Å². The van der Waals surface area contributed by atoms with Gasteiger partial charge in [0.15, 0.2) is 17.3 Å². The summed E-state index contributed by atoms with van der Waals surface area (Å²) < 4.78 is 10.8. The first-order valence-corrected chi connectivity index (χ1v) is 4.88. The molecule has 1 N–H and O–H groups in total. The van der Waals surface area contributed by atoms with Crippen molar-refractivity contribution in [1.29, 1.82) is 0 Å². The number of fused-ring (bicyclic) bond motifs is 1. The Balaban J connectivity index is 2.24. The maximum atomic E-state index is 11.6. The molecule has 0 saturated carbocycles. The van der Waals surface area contributed by atoms with Gasteiger partial charge in [0.25, 0.3) is 0 Å². The Morgan fingerprint density at radius 2 is 2.07 bits per heavy atom. The molecular formula is C11H13NO3. The maximum Gasteiger partial charge on any atom is 0.176 e. The number of carbonyl (C=O) groups is 1. The van der Waals surface area contributed by atoms with E-state index in [1.165, 1.54) is 0 Å². The molecule has 80 valence electrons. The Morgan fingerprint density at radius 3 is 2.80 bits per heavy atom. The van der Waals surface area contributed by atoms with Gasteiger partial charge in [0.2, 0.25) is 0 Å². The minimum atomic E-state index is 0.0504. The lowest BCUT2D eigenvalue weighted by Gasteiger charge is -2.18. The molecule has 0 aliphatic carbocycles. The van der Waals surface area contributed by atoms with Gasteiger partial charge in [0.05, 0.1) is 6.54 Å². The van der Waals surface area contributed by atoms with Crippen molar-refractivity contribution in [2.24, 2.45) is 0 Å². The zero-order valence-electron chi connectivity index (χ0n) is 8.58. The van der Waals surface area contributed by atoms with Gasteiger partial charge in [0.1, 0.15) is 13.2 Å². The Hall–Kier alpha value is -1.55. The van der Waals surface area contributed by atoms with E-state index in [2.05, 4.69) is 5.32 Å². The van der Waals surface area contributed by atoms with Crippen LogP contribution in [0.15, 0.2) is 18.2 Å². The van der Waals surface area contributed by atoms with Gasteiger partial charge in [-0.25, -0.2) is 0 Å². The van der Waals surface area contributed by atoms with E-state index in [-0.39, 0.29) is 5.78 Å². The van der Waals surface area contributed by atoms with Crippen molar-refractivity contribution in [3.63, 3.8) is 0 Å². The van der Waals surface area contributed by atoms with Crippen molar-refractivity contribution < 1.29 is 14.3 Å². The molecule has 0 amide bonds. The van der Waals surface area contributed by atoms with E-state index in [0.29, 0.717) is 36.8 Å². The Bertz CT molecular complexity index is 376. The maximum absolute atomic E-state index is 11.6. The molecule has 1 aliphatic heterocycles. The molecule has 0 unspecified atom stereocenters. The van der Waals surface area contributed by atoms with Crippen molar-refractivity contribution in [2.75, 3.05) is 26.8 Å². The first-order valence-electron chi connectivity index (χ1n) is 4.88. The third-order valence-corrected chi connectivity index (χ3v) is 2.20. The topological polar surface area (TPSA) is 47.6 Å². The van der Waals surface area contributed by atoms with Gasteiger partial charge >= 0.3 is 0 Å². The number of nitrogens with one attached hydrogen (secondary N) is 1. The van der Waals surface area contributed by atoms with E-state index in [1.54, 1.807) is 25.2 Å². The van der Waals surface area contributed by atoms with Crippen LogP contribution in [0, 0.1) is 0 Å². The highest BCUT2D eigenvalue weighted by molar-refractivity contribution is 5.98. The third kappa shape index (κ3) is 2.10. The molecule has 4 heteroatoms. The van der Waals surface area contributed by atoms with E-state index in [4.69, 9.17) is 9.47 Å². The molecule has 1 aromatic carbocycles. The highest BCUT2D eigenvalue weighted by Gasteiger charge is 2.14. The standard InChI is InChI=1S/C11H13NO3/c1-12-7-9(13)8-2-3-10-11(6-8)15-5-4-14-10/h2-3,6,12H,4-5,7H2,1H3. The second-order valence-corrected chi connectivity index (χ2v) is 3.31. The number of carbonyl (C=O) groups excluding carboxylic acids is 1. The van der Waals surface area contributed by atoms with Gasteiger partial charge in [-0.2, -0.15) is 0 Å². The number of benzene rings is 1. The van der Waals surface area contributed by atoms with Gasteiger partial charge in [-0.05, 0) is 25.2 Å². The number of likely N-dealkylation sites (N-methyl/N-ethyl adjacent to an activating group) is 1. The van der Waals surface area contributed by atoms with Gasteiger partial charge in [0, 0.05) is 5.56 Å². The minimum absolute atomic E-state index is 0.0504. The summed E-state index contributed by atoms with van der Waals surface area (Å²) >= 11 is 0. The van der Waals surface area contributed by atoms with Crippen LogP contribution in [0.4, 0.5) is 0 Å². The first kappa shape index (κ1) is 9.98. The van der Waals surface area contributed by atoms with Crippen LogP contribution >= 0.6 is 0 Å². The normalized spacial score (nSPS) is 13.7. The number of ketones is 1. The van der Waals surface area contributed by atoms with Crippen LogP contribution in [0.3, 0.4) is 0 Å². The summed E-state index contributed by atoms with van der Waals surface area (Å²) in [5.74, 6) is 1.42. The summed E-state index contributed by atoms with van der Waals surface area (Å²) in [6.07, 6.45) is 0. The van der Waals surface area contributed by atoms with Gasteiger partial charge in [-0.15, -0.1) is 0 Å². The van der Waals surface area contributed by atoms with Crippen molar-refractivity contribution in [3.05, 3.63) is 23.8 Å². The van der Waals surface area contributed by atoms with Crippen LogP contribution in [0.1, 0.15) is 10.4 Å². The van der Waals surface area contributed by atoms with Crippen molar-refractivity contribution in [1.82, 2.24) is 5.32 Å². The Labute approximate surface area is 88.2 Å². The molecular weight excluding hydrogens is 194 g/mol.